The van der Waals surface area contributed by atoms with E-state index in [2.05, 4.69) is 10.1 Å². The van der Waals surface area contributed by atoms with Gasteiger partial charge in [-0.15, -0.1) is 0 Å². The lowest BCUT2D eigenvalue weighted by Crippen LogP contribution is -2.37. The van der Waals surface area contributed by atoms with Gasteiger partial charge in [0, 0.05) is 29.9 Å². The van der Waals surface area contributed by atoms with Gasteiger partial charge in [-0.05, 0) is 32.0 Å². The van der Waals surface area contributed by atoms with Crippen LogP contribution in [0.15, 0.2) is 30.6 Å². The van der Waals surface area contributed by atoms with Crippen LogP contribution in [0.2, 0.25) is 5.02 Å². The number of rotatable bonds is 5. The second kappa shape index (κ2) is 8.53. The van der Waals surface area contributed by atoms with Crippen LogP contribution in [0.1, 0.15) is 41.4 Å². The molecule has 0 radical (unpaired) electrons. The predicted octanol–water partition coefficient (Wildman–Crippen LogP) is 3.88. The minimum absolute atomic E-state index is 0.140. The number of hydrogen-bond acceptors (Lipinski definition) is 5. The highest BCUT2D eigenvalue weighted by molar-refractivity contribution is 6.30. The first-order chi connectivity index (χ1) is 15.9. The lowest BCUT2D eigenvalue weighted by Gasteiger charge is -2.25. The van der Waals surface area contributed by atoms with Gasteiger partial charge >= 0.3 is 0 Å². The number of ether oxygens (including phenoxy) is 1. The summed E-state index contributed by atoms with van der Waals surface area (Å²) in [7, 11) is 1.87. The number of nitrogens with zero attached hydrogens (tertiary/aromatic N) is 5. The first-order valence-electron chi connectivity index (χ1n) is 10.9. The highest BCUT2D eigenvalue weighted by atomic mass is 35.5. The smallest absolute Gasteiger partial charge is 0.258 e. The van der Waals surface area contributed by atoms with E-state index in [0.717, 1.165) is 11.3 Å². The monoisotopic (exact) mass is 475 g/mol. The van der Waals surface area contributed by atoms with Crippen LogP contribution in [-0.2, 0) is 13.1 Å². The third-order valence-electron chi connectivity index (χ3n) is 6.63. The summed E-state index contributed by atoms with van der Waals surface area (Å²) in [6, 6.07) is 3.59. The quantitative estimate of drug-likeness (QED) is 0.560. The minimum atomic E-state index is -0.923. The summed E-state index contributed by atoms with van der Waals surface area (Å²) in [5.74, 6) is -0.628. The van der Waals surface area contributed by atoms with Gasteiger partial charge < -0.3 is 9.64 Å². The van der Waals surface area contributed by atoms with Gasteiger partial charge in [0.1, 0.15) is 24.3 Å². The number of hydrogen-bond donors (Lipinski definition) is 0. The SMILES string of the molecule is CCC1C(F)CC(COc2cc(F)ccc2C(=O)N2Cc3nn4cc(Cl)cnc4c3C2)N1C. The van der Waals surface area contributed by atoms with E-state index in [1.807, 2.05) is 18.9 Å². The Morgan fingerprint density at radius 1 is 1.33 bits per heavy atom. The minimum Gasteiger partial charge on any atom is -0.491 e. The molecule has 33 heavy (non-hydrogen) atoms. The fraction of sp³-hybridized carbons (Fsp3) is 0.435. The Balaban J connectivity index is 1.33. The molecule has 10 heteroatoms. The van der Waals surface area contributed by atoms with Crippen molar-refractivity contribution in [3.05, 3.63) is 58.3 Å². The Kier molecular flexibility index (Phi) is 5.70. The second-order valence-corrected chi connectivity index (χ2v) is 9.06. The van der Waals surface area contributed by atoms with Crippen molar-refractivity contribution in [1.82, 2.24) is 24.4 Å². The van der Waals surface area contributed by atoms with Crippen molar-refractivity contribution in [3.8, 4) is 5.75 Å². The molecule has 1 fully saturated rings. The highest BCUT2D eigenvalue weighted by Gasteiger charge is 2.38. The molecule has 174 valence electrons. The molecule has 7 nitrogen and oxygen atoms in total. The van der Waals surface area contributed by atoms with E-state index < -0.39 is 12.0 Å². The first kappa shape index (κ1) is 22.0. The molecule has 5 rings (SSSR count). The molecule has 2 aromatic heterocycles. The fourth-order valence-electron chi connectivity index (χ4n) is 4.85. The van der Waals surface area contributed by atoms with Gasteiger partial charge in [-0.2, -0.15) is 5.10 Å². The predicted molar refractivity (Wildman–Crippen MR) is 119 cm³/mol. The normalized spacial score (nSPS) is 22.8. The van der Waals surface area contributed by atoms with Crippen LogP contribution in [0, 0.1) is 5.82 Å². The third kappa shape index (κ3) is 3.93. The summed E-state index contributed by atoms with van der Waals surface area (Å²) in [6.45, 7) is 2.76. The van der Waals surface area contributed by atoms with E-state index in [4.69, 9.17) is 16.3 Å². The van der Waals surface area contributed by atoms with E-state index in [1.165, 1.54) is 18.2 Å². The van der Waals surface area contributed by atoms with Crippen LogP contribution in [-0.4, -0.2) is 62.2 Å². The van der Waals surface area contributed by atoms with Crippen LogP contribution < -0.4 is 4.74 Å². The van der Waals surface area contributed by atoms with Gasteiger partial charge in [0.05, 0.1) is 35.6 Å². The van der Waals surface area contributed by atoms with Crippen molar-refractivity contribution < 1.29 is 18.3 Å². The van der Waals surface area contributed by atoms with Gasteiger partial charge in [0.2, 0.25) is 0 Å². The third-order valence-corrected chi connectivity index (χ3v) is 6.83. The lowest BCUT2D eigenvalue weighted by atomic mass is 10.1. The maximum atomic E-state index is 14.3. The zero-order chi connectivity index (χ0) is 23.3. The van der Waals surface area contributed by atoms with Crippen LogP contribution in [0.3, 0.4) is 0 Å². The van der Waals surface area contributed by atoms with E-state index >= 15 is 0 Å². The molecule has 2 aliphatic rings. The first-order valence-corrected chi connectivity index (χ1v) is 11.3. The molecule has 0 spiro atoms. The Morgan fingerprint density at radius 2 is 2.15 bits per heavy atom. The number of likely N-dealkylation sites (N-methyl/N-ethyl adjacent to an activating group) is 1. The number of carbonyl (C=O) groups excluding carboxylic acids is 1. The summed E-state index contributed by atoms with van der Waals surface area (Å²) in [6.07, 6.45) is 3.35. The molecule has 1 amide bonds. The average Bonchev–Trinajstić information content (AvgIpc) is 3.42. The zero-order valence-corrected chi connectivity index (χ0v) is 19.1. The van der Waals surface area contributed by atoms with Gasteiger partial charge in [0.15, 0.2) is 5.65 Å². The Bertz CT molecular complexity index is 1220. The second-order valence-electron chi connectivity index (χ2n) is 8.62. The van der Waals surface area contributed by atoms with Crippen molar-refractivity contribution in [2.24, 2.45) is 0 Å². The molecule has 3 atom stereocenters. The summed E-state index contributed by atoms with van der Waals surface area (Å²) < 4.78 is 35.8. The fourth-order valence-corrected chi connectivity index (χ4v) is 4.99. The summed E-state index contributed by atoms with van der Waals surface area (Å²) in [5, 5.41) is 4.95. The molecule has 1 aromatic carbocycles. The summed E-state index contributed by atoms with van der Waals surface area (Å²) >= 11 is 5.98. The van der Waals surface area contributed by atoms with Crippen molar-refractivity contribution >= 4 is 23.2 Å². The van der Waals surface area contributed by atoms with Crippen LogP contribution in [0.4, 0.5) is 8.78 Å². The Labute approximate surface area is 194 Å². The largest absolute Gasteiger partial charge is 0.491 e. The molecule has 3 aromatic rings. The molecule has 0 N–H and O–H groups in total. The maximum Gasteiger partial charge on any atom is 0.258 e. The van der Waals surface area contributed by atoms with Gasteiger partial charge in [0.25, 0.3) is 5.91 Å². The molecule has 1 saturated heterocycles. The van der Waals surface area contributed by atoms with Gasteiger partial charge in [-0.3, -0.25) is 9.69 Å². The molecule has 0 aliphatic carbocycles. The van der Waals surface area contributed by atoms with Gasteiger partial charge in [-0.25, -0.2) is 18.3 Å². The van der Waals surface area contributed by atoms with Gasteiger partial charge in [-0.1, -0.05) is 18.5 Å². The number of fused-ring (bicyclic) bond motifs is 3. The molecule has 0 bridgehead atoms. The number of benzene rings is 1. The lowest BCUT2D eigenvalue weighted by molar-refractivity contribution is 0.0743. The Hall–Kier alpha value is -2.78. The summed E-state index contributed by atoms with van der Waals surface area (Å²) in [5.41, 5.74) is 2.52. The average molecular weight is 476 g/mol. The van der Waals surface area contributed by atoms with Crippen molar-refractivity contribution in [2.45, 2.75) is 51.1 Å². The maximum absolute atomic E-state index is 14.3. The standard InChI is InChI=1S/C23H24ClF2N5O2/c1-3-20-18(26)7-15(29(20)2)12-33-21-6-14(25)4-5-16(21)23(32)30-10-17-19(11-30)28-31-9-13(24)8-27-22(17)31/h4-6,8-9,15,18,20H,3,7,10-12H2,1-2H3. The van der Waals surface area contributed by atoms with Crippen molar-refractivity contribution in [1.29, 1.82) is 0 Å². The number of halogens is 3. The molecule has 3 unspecified atom stereocenters. The van der Waals surface area contributed by atoms with E-state index in [1.54, 1.807) is 21.8 Å². The number of likely N-dealkylation sites (tertiary alicyclic amines) is 1. The van der Waals surface area contributed by atoms with Crippen molar-refractivity contribution in [3.63, 3.8) is 0 Å². The van der Waals surface area contributed by atoms with E-state index in [9.17, 15) is 13.6 Å². The number of aromatic nitrogens is 3. The topological polar surface area (TPSA) is 63.0 Å². The molecule has 4 heterocycles. The number of amides is 1. The highest BCUT2D eigenvalue weighted by Crippen LogP contribution is 2.31. The molecule has 0 saturated carbocycles. The molecular weight excluding hydrogens is 452 g/mol. The van der Waals surface area contributed by atoms with E-state index in [0.29, 0.717) is 36.6 Å². The number of carbonyl (C=O) groups is 1. The van der Waals surface area contributed by atoms with E-state index in [-0.39, 0.29) is 35.9 Å². The zero-order valence-electron chi connectivity index (χ0n) is 18.3. The van der Waals surface area contributed by atoms with Crippen LogP contribution >= 0.6 is 11.6 Å². The van der Waals surface area contributed by atoms with Crippen LogP contribution in [0.25, 0.3) is 5.65 Å². The van der Waals surface area contributed by atoms with Crippen LogP contribution in [0.5, 0.6) is 5.75 Å². The molecule has 2 aliphatic heterocycles. The Morgan fingerprint density at radius 3 is 2.91 bits per heavy atom. The van der Waals surface area contributed by atoms with Crippen molar-refractivity contribution in [2.75, 3.05) is 13.7 Å². The summed E-state index contributed by atoms with van der Waals surface area (Å²) in [4.78, 5) is 21.2. The molecular formula is C23H24ClF2N5O2. The number of alkyl halides is 1.